The van der Waals surface area contributed by atoms with Gasteiger partial charge in [-0.2, -0.15) is 0 Å². The van der Waals surface area contributed by atoms with E-state index in [1.807, 2.05) is 23.1 Å². The van der Waals surface area contributed by atoms with Gasteiger partial charge in [0.1, 0.15) is 6.04 Å². The highest BCUT2D eigenvalue weighted by Crippen LogP contribution is 2.50. The molecule has 1 aliphatic heterocycles. The van der Waals surface area contributed by atoms with Crippen molar-refractivity contribution in [2.45, 2.75) is 63.3 Å². The van der Waals surface area contributed by atoms with Gasteiger partial charge in [-0.3, -0.25) is 4.79 Å². The predicted octanol–water partition coefficient (Wildman–Crippen LogP) is 3.15. The summed E-state index contributed by atoms with van der Waals surface area (Å²) in [6.07, 6.45) is 5.27. The Hall–Kier alpha value is -0.820. The lowest BCUT2D eigenvalue weighted by atomic mass is 9.98. The summed E-state index contributed by atoms with van der Waals surface area (Å²) in [6, 6.07) is 3.73. The molecule has 24 heavy (non-hydrogen) atoms. The number of amides is 1. The maximum Gasteiger partial charge on any atom is 0.237 e. The first-order valence-electron chi connectivity index (χ1n) is 8.32. The molecule has 0 bridgehead atoms. The molecule has 1 unspecified atom stereocenters. The molecular weight excluding hydrogens is 340 g/mol. The molecule has 0 aromatic carbocycles. The number of allylic oxidation sites excluding steroid dienone is 2. The average molecular weight is 369 g/mol. The summed E-state index contributed by atoms with van der Waals surface area (Å²) < 4.78 is 0.184. The van der Waals surface area contributed by atoms with Gasteiger partial charge >= 0.3 is 0 Å². The predicted molar refractivity (Wildman–Crippen MR) is 103 cm³/mol. The summed E-state index contributed by atoms with van der Waals surface area (Å²) in [6.45, 7) is 8.32. The number of carbonyl (C=O) groups is 1. The van der Waals surface area contributed by atoms with Gasteiger partial charge < -0.3 is 16.2 Å². The number of primary amides is 1. The Balaban J connectivity index is 1.83. The van der Waals surface area contributed by atoms with Gasteiger partial charge in [0.2, 0.25) is 5.91 Å². The number of aryl methyl sites for hydroxylation is 1. The van der Waals surface area contributed by atoms with Gasteiger partial charge in [-0.05, 0) is 70.5 Å². The standard InChI is InChI=1S/C18H28N2O2S2/c1-12-9-10-18(4,24-12)14-8-7-13(23-14)6-5-11-20-15(16(19)21)17(2,3)22/h7-9,15,20,22H,5-6,10-11H2,1-4H3,(H2,19,21)/t15-,18?/m1/s1. The van der Waals surface area contributed by atoms with Gasteiger partial charge in [0.25, 0.3) is 0 Å². The second-order valence-electron chi connectivity index (χ2n) is 7.16. The molecule has 1 amide bonds. The fraction of sp³-hybridized carbons (Fsp3) is 0.611. The van der Waals surface area contributed by atoms with Crippen molar-refractivity contribution in [3.05, 3.63) is 32.9 Å². The number of hydrogen-bond acceptors (Lipinski definition) is 5. The Morgan fingerprint density at radius 3 is 2.75 bits per heavy atom. The van der Waals surface area contributed by atoms with E-state index in [0.717, 1.165) is 19.3 Å². The van der Waals surface area contributed by atoms with E-state index < -0.39 is 17.6 Å². The molecule has 0 fully saturated rings. The zero-order chi connectivity index (χ0) is 18.0. The zero-order valence-corrected chi connectivity index (χ0v) is 16.5. The SMILES string of the molecule is CC1=CCC(C)(c2ccc(CCCN[C@H](C(N)=O)C(C)(C)O)s2)S1. The van der Waals surface area contributed by atoms with Gasteiger partial charge in [0.05, 0.1) is 10.3 Å². The van der Waals surface area contributed by atoms with E-state index >= 15 is 0 Å². The van der Waals surface area contributed by atoms with E-state index in [-0.39, 0.29) is 4.75 Å². The third-order valence-electron chi connectivity index (χ3n) is 4.29. The monoisotopic (exact) mass is 368 g/mol. The lowest BCUT2D eigenvalue weighted by molar-refractivity contribution is -0.125. The Bertz CT molecular complexity index is 619. The van der Waals surface area contributed by atoms with Crippen molar-refractivity contribution in [2.24, 2.45) is 5.73 Å². The molecule has 2 heterocycles. The van der Waals surface area contributed by atoms with Crippen LogP contribution in [0.4, 0.5) is 0 Å². The quantitative estimate of drug-likeness (QED) is 0.616. The first-order valence-corrected chi connectivity index (χ1v) is 9.95. The van der Waals surface area contributed by atoms with Crippen molar-refractivity contribution in [2.75, 3.05) is 6.54 Å². The Morgan fingerprint density at radius 1 is 1.50 bits per heavy atom. The van der Waals surface area contributed by atoms with E-state index in [9.17, 15) is 9.90 Å². The Labute approximate surface area is 152 Å². The molecule has 2 rings (SSSR count). The second kappa shape index (κ2) is 7.60. The third kappa shape index (κ3) is 4.85. The third-order valence-corrected chi connectivity index (χ3v) is 7.15. The number of carbonyl (C=O) groups excluding carboxylic acids is 1. The summed E-state index contributed by atoms with van der Waals surface area (Å²) in [4.78, 5) is 15.6. The van der Waals surface area contributed by atoms with E-state index in [1.165, 1.54) is 14.7 Å². The van der Waals surface area contributed by atoms with E-state index in [0.29, 0.717) is 6.54 Å². The minimum Gasteiger partial charge on any atom is -0.388 e. The number of rotatable bonds is 8. The summed E-state index contributed by atoms with van der Waals surface area (Å²) in [5.74, 6) is -0.519. The van der Waals surface area contributed by atoms with Crippen molar-refractivity contribution in [3.63, 3.8) is 0 Å². The maximum atomic E-state index is 11.4. The molecule has 0 spiro atoms. The van der Waals surface area contributed by atoms with Gasteiger partial charge in [-0.1, -0.05) is 6.08 Å². The molecule has 1 aromatic heterocycles. The molecule has 4 nitrogen and oxygen atoms in total. The molecule has 134 valence electrons. The summed E-state index contributed by atoms with van der Waals surface area (Å²) in [5, 5.41) is 13.0. The summed E-state index contributed by atoms with van der Waals surface area (Å²) in [7, 11) is 0. The van der Waals surface area contributed by atoms with Crippen LogP contribution < -0.4 is 11.1 Å². The van der Waals surface area contributed by atoms with E-state index in [2.05, 4.69) is 37.4 Å². The van der Waals surface area contributed by atoms with Crippen molar-refractivity contribution < 1.29 is 9.90 Å². The number of nitrogens with one attached hydrogen (secondary N) is 1. The molecule has 0 saturated heterocycles. The Morgan fingerprint density at radius 2 is 2.21 bits per heavy atom. The molecule has 4 N–H and O–H groups in total. The van der Waals surface area contributed by atoms with Crippen LogP contribution in [0.25, 0.3) is 0 Å². The normalized spacial score (nSPS) is 22.5. The van der Waals surface area contributed by atoms with Crippen LogP contribution in [0, 0.1) is 0 Å². The molecule has 0 aliphatic carbocycles. The van der Waals surface area contributed by atoms with Gasteiger partial charge in [0.15, 0.2) is 0 Å². The van der Waals surface area contributed by atoms with Crippen molar-refractivity contribution in [1.29, 1.82) is 0 Å². The van der Waals surface area contributed by atoms with Crippen LogP contribution in [0.15, 0.2) is 23.1 Å². The van der Waals surface area contributed by atoms with Crippen LogP contribution in [-0.4, -0.2) is 29.2 Å². The lowest BCUT2D eigenvalue weighted by Crippen LogP contribution is -2.55. The highest BCUT2D eigenvalue weighted by atomic mass is 32.2. The van der Waals surface area contributed by atoms with Gasteiger partial charge in [0, 0.05) is 9.75 Å². The van der Waals surface area contributed by atoms with Crippen LogP contribution in [0.2, 0.25) is 0 Å². The van der Waals surface area contributed by atoms with Crippen molar-refractivity contribution in [3.8, 4) is 0 Å². The molecule has 0 radical (unpaired) electrons. The summed E-state index contributed by atoms with van der Waals surface area (Å²) >= 11 is 3.83. The zero-order valence-electron chi connectivity index (χ0n) is 14.9. The van der Waals surface area contributed by atoms with E-state index in [1.54, 1.807) is 13.8 Å². The number of hydrogen-bond donors (Lipinski definition) is 3. The number of nitrogens with two attached hydrogens (primary N) is 1. The summed E-state index contributed by atoms with van der Waals surface area (Å²) in [5.41, 5.74) is 4.20. The molecule has 6 heteroatoms. The second-order valence-corrected chi connectivity index (χ2v) is 10.1. The van der Waals surface area contributed by atoms with Crippen LogP contribution in [0.3, 0.4) is 0 Å². The van der Waals surface area contributed by atoms with E-state index in [4.69, 9.17) is 5.73 Å². The number of thioether (sulfide) groups is 1. The largest absolute Gasteiger partial charge is 0.388 e. The fourth-order valence-electron chi connectivity index (χ4n) is 2.93. The first kappa shape index (κ1) is 19.5. The maximum absolute atomic E-state index is 11.4. The molecule has 1 aliphatic rings. The average Bonchev–Trinajstić information content (AvgIpc) is 3.05. The minimum absolute atomic E-state index is 0.184. The van der Waals surface area contributed by atoms with Crippen LogP contribution in [-0.2, 0) is 16.0 Å². The highest BCUT2D eigenvalue weighted by Gasteiger charge is 2.33. The van der Waals surface area contributed by atoms with Crippen LogP contribution >= 0.6 is 23.1 Å². The first-order chi connectivity index (χ1) is 11.1. The minimum atomic E-state index is -1.15. The number of thiophene rings is 1. The molecule has 0 saturated carbocycles. The van der Waals surface area contributed by atoms with Gasteiger partial charge in [-0.25, -0.2) is 0 Å². The fourth-order valence-corrected chi connectivity index (χ4v) is 5.49. The van der Waals surface area contributed by atoms with Crippen molar-refractivity contribution in [1.82, 2.24) is 5.32 Å². The number of aliphatic hydroxyl groups is 1. The van der Waals surface area contributed by atoms with Crippen LogP contribution in [0.1, 0.15) is 50.3 Å². The van der Waals surface area contributed by atoms with Crippen LogP contribution in [0.5, 0.6) is 0 Å². The smallest absolute Gasteiger partial charge is 0.237 e. The highest BCUT2D eigenvalue weighted by molar-refractivity contribution is 8.04. The van der Waals surface area contributed by atoms with Crippen molar-refractivity contribution >= 4 is 29.0 Å². The Kier molecular flexibility index (Phi) is 6.18. The van der Waals surface area contributed by atoms with Gasteiger partial charge in [-0.15, -0.1) is 23.1 Å². The lowest BCUT2D eigenvalue weighted by Gasteiger charge is -2.27. The molecule has 1 aromatic rings. The molecular formula is C18H28N2O2S2. The molecule has 2 atom stereocenters. The topological polar surface area (TPSA) is 75.3 Å².